The SMILES string of the molecule is [2H]C([2H])(OCc1ccccc1)C([2H])(OC)OC. The number of rotatable bonds is 6. The van der Waals surface area contributed by atoms with Crippen LogP contribution >= 0.6 is 0 Å². The van der Waals surface area contributed by atoms with Crippen LogP contribution < -0.4 is 0 Å². The molecule has 0 amide bonds. The van der Waals surface area contributed by atoms with Crippen LogP contribution in [0, 0.1) is 0 Å². The summed E-state index contributed by atoms with van der Waals surface area (Å²) >= 11 is 0. The molecule has 0 saturated carbocycles. The van der Waals surface area contributed by atoms with Gasteiger partial charge < -0.3 is 14.2 Å². The Morgan fingerprint density at radius 1 is 1.29 bits per heavy atom. The lowest BCUT2D eigenvalue weighted by Crippen LogP contribution is -2.19. The molecule has 0 fully saturated rings. The Kier molecular flexibility index (Phi) is 3.46. The topological polar surface area (TPSA) is 27.7 Å². The van der Waals surface area contributed by atoms with Crippen LogP contribution in [0.1, 0.15) is 9.68 Å². The van der Waals surface area contributed by atoms with Gasteiger partial charge >= 0.3 is 0 Å². The van der Waals surface area contributed by atoms with Gasteiger partial charge in [-0.3, -0.25) is 0 Å². The molecule has 0 atom stereocenters. The molecule has 0 heterocycles. The number of methoxy groups -OCH3 is 2. The van der Waals surface area contributed by atoms with Crippen molar-refractivity contribution in [3.8, 4) is 0 Å². The second kappa shape index (κ2) is 6.54. The molecular formula is C11H16O3. The maximum atomic E-state index is 7.64. The standard InChI is InChI=1S/C11H16O3/c1-12-11(13-2)9-14-8-10-6-4-3-5-7-10/h3-7,11H,8-9H2,1-2H3/i9D2,11D. The molecule has 0 radical (unpaired) electrons. The molecule has 3 nitrogen and oxygen atoms in total. The van der Waals surface area contributed by atoms with Crippen LogP contribution in [-0.2, 0) is 20.8 Å². The largest absolute Gasteiger partial charge is 0.372 e. The lowest BCUT2D eigenvalue weighted by atomic mass is 10.2. The van der Waals surface area contributed by atoms with Crippen molar-refractivity contribution in [2.24, 2.45) is 0 Å². The third-order valence-corrected chi connectivity index (χ3v) is 1.61. The number of ether oxygens (including phenoxy) is 3. The highest BCUT2D eigenvalue weighted by Crippen LogP contribution is 2.01. The van der Waals surface area contributed by atoms with Crippen molar-refractivity contribution in [1.82, 2.24) is 0 Å². The van der Waals surface area contributed by atoms with Crippen molar-refractivity contribution in [3.05, 3.63) is 35.9 Å². The summed E-state index contributed by atoms with van der Waals surface area (Å²) in [6.45, 7) is -2.33. The molecule has 1 aromatic carbocycles. The third kappa shape index (κ3) is 3.87. The second-order valence-electron chi connectivity index (χ2n) is 2.57. The van der Waals surface area contributed by atoms with Gasteiger partial charge in [0.1, 0.15) is 0 Å². The van der Waals surface area contributed by atoms with Gasteiger partial charge in [-0.05, 0) is 5.56 Å². The highest BCUT2D eigenvalue weighted by molar-refractivity contribution is 5.13. The number of hydrogen-bond donors (Lipinski definition) is 0. The van der Waals surface area contributed by atoms with Gasteiger partial charge in [0, 0.05) is 14.2 Å². The zero-order chi connectivity index (χ0) is 12.9. The Morgan fingerprint density at radius 3 is 2.50 bits per heavy atom. The zero-order valence-corrected chi connectivity index (χ0v) is 8.32. The van der Waals surface area contributed by atoms with E-state index >= 15 is 0 Å². The smallest absolute Gasteiger partial charge is 0.180 e. The molecule has 0 aliphatic carbocycles. The molecule has 78 valence electrons. The first-order valence-corrected chi connectivity index (χ1v) is 4.23. The van der Waals surface area contributed by atoms with Crippen LogP contribution in [0.15, 0.2) is 30.3 Å². The number of benzene rings is 1. The molecule has 0 aliphatic rings. The molecule has 0 bridgehead atoms. The van der Waals surface area contributed by atoms with Gasteiger partial charge in [-0.1, -0.05) is 30.3 Å². The first kappa shape index (κ1) is 7.40. The second-order valence-corrected chi connectivity index (χ2v) is 2.57. The highest BCUT2D eigenvalue weighted by atomic mass is 16.7. The fourth-order valence-corrected chi connectivity index (χ4v) is 0.919. The predicted molar refractivity (Wildman–Crippen MR) is 53.9 cm³/mol. The van der Waals surface area contributed by atoms with Crippen LogP contribution in [0.3, 0.4) is 0 Å². The van der Waals surface area contributed by atoms with Gasteiger partial charge in [-0.25, -0.2) is 0 Å². The Bertz CT molecular complexity index is 339. The molecule has 0 spiro atoms. The molecular weight excluding hydrogens is 180 g/mol. The van der Waals surface area contributed by atoms with Gasteiger partial charge in [0.2, 0.25) is 0 Å². The molecule has 1 rings (SSSR count). The molecule has 0 aromatic heterocycles. The van der Waals surface area contributed by atoms with Crippen molar-refractivity contribution in [2.45, 2.75) is 12.9 Å². The highest BCUT2D eigenvalue weighted by Gasteiger charge is 2.03. The van der Waals surface area contributed by atoms with Crippen molar-refractivity contribution in [1.29, 1.82) is 0 Å². The van der Waals surface area contributed by atoms with Crippen LogP contribution in [0.5, 0.6) is 0 Å². The third-order valence-electron chi connectivity index (χ3n) is 1.61. The summed E-state index contributed by atoms with van der Waals surface area (Å²) in [7, 11) is 2.39. The van der Waals surface area contributed by atoms with Gasteiger partial charge in [0.05, 0.1) is 17.3 Å². The summed E-state index contributed by atoms with van der Waals surface area (Å²) in [6, 6.07) is 9.13. The van der Waals surface area contributed by atoms with E-state index in [1.807, 2.05) is 18.2 Å². The Labute approximate surface area is 88.8 Å². The lowest BCUT2D eigenvalue weighted by molar-refractivity contribution is -0.142. The van der Waals surface area contributed by atoms with E-state index in [1.165, 1.54) is 14.2 Å². The van der Waals surface area contributed by atoms with Crippen molar-refractivity contribution in [3.63, 3.8) is 0 Å². The quantitative estimate of drug-likeness (QED) is 0.654. The van der Waals surface area contributed by atoms with E-state index in [0.717, 1.165) is 5.56 Å². The minimum atomic E-state index is -2.37. The van der Waals surface area contributed by atoms with E-state index < -0.39 is 12.8 Å². The zero-order valence-electron chi connectivity index (χ0n) is 11.3. The summed E-state index contributed by atoms with van der Waals surface area (Å²) < 4.78 is 37.3. The monoisotopic (exact) mass is 199 g/mol. The maximum absolute atomic E-state index is 7.64. The van der Waals surface area contributed by atoms with Crippen LogP contribution in [0.2, 0.25) is 0 Å². The average Bonchev–Trinajstić information content (AvgIpc) is 2.36. The molecule has 0 aliphatic heterocycles. The molecule has 1 aromatic rings. The van der Waals surface area contributed by atoms with Gasteiger partial charge in [0.15, 0.2) is 6.27 Å². The van der Waals surface area contributed by atoms with E-state index in [4.69, 9.17) is 8.85 Å². The van der Waals surface area contributed by atoms with E-state index in [9.17, 15) is 0 Å². The molecule has 14 heavy (non-hydrogen) atoms. The summed E-state index contributed by atoms with van der Waals surface area (Å²) in [5, 5.41) is 0. The first-order chi connectivity index (χ1) is 7.95. The minimum absolute atomic E-state index is 0.0428. The molecule has 0 saturated heterocycles. The van der Waals surface area contributed by atoms with Crippen LogP contribution in [-0.4, -0.2) is 27.0 Å². The van der Waals surface area contributed by atoms with E-state index in [-0.39, 0.29) is 6.61 Å². The Hall–Kier alpha value is -0.900. The normalized spacial score (nSPS) is 15.7. The Balaban J connectivity index is 2.67. The molecule has 0 unspecified atom stereocenters. The van der Waals surface area contributed by atoms with Crippen LogP contribution in [0.4, 0.5) is 0 Å². The number of hydrogen-bond acceptors (Lipinski definition) is 3. The van der Waals surface area contributed by atoms with Crippen LogP contribution in [0.25, 0.3) is 0 Å². The fourth-order valence-electron chi connectivity index (χ4n) is 0.919. The molecule has 3 heteroatoms. The molecule has 0 N–H and O–H groups in total. The van der Waals surface area contributed by atoms with Crippen molar-refractivity contribution >= 4 is 0 Å². The summed E-state index contributed by atoms with van der Waals surface area (Å²) in [6.07, 6.45) is -2.18. The Morgan fingerprint density at radius 2 is 1.93 bits per heavy atom. The average molecular weight is 199 g/mol. The van der Waals surface area contributed by atoms with E-state index in [2.05, 4.69) is 9.47 Å². The van der Waals surface area contributed by atoms with Crippen molar-refractivity contribution < 1.29 is 18.3 Å². The summed E-state index contributed by atoms with van der Waals surface area (Å²) in [5.74, 6) is 0. The maximum Gasteiger partial charge on any atom is 0.180 e. The van der Waals surface area contributed by atoms with Gasteiger partial charge in [-0.2, -0.15) is 0 Å². The summed E-state index contributed by atoms with van der Waals surface area (Å²) in [5.41, 5.74) is 0.811. The van der Waals surface area contributed by atoms with E-state index in [0.29, 0.717) is 0 Å². The van der Waals surface area contributed by atoms with Gasteiger partial charge in [0.25, 0.3) is 0 Å². The first-order valence-electron chi connectivity index (χ1n) is 5.73. The van der Waals surface area contributed by atoms with E-state index in [1.54, 1.807) is 12.1 Å². The summed E-state index contributed by atoms with van der Waals surface area (Å²) in [4.78, 5) is 0. The fraction of sp³-hybridized carbons (Fsp3) is 0.455. The predicted octanol–water partition coefficient (Wildman–Crippen LogP) is 1.82. The van der Waals surface area contributed by atoms with Gasteiger partial charge in [-0.15, -0.1) is 0 Å². The lowest BCUT2D eigenvalue weighted by Gasteiger charge is -2.13. The van der Waals surface area contributed by atoms with Crippen molar-refractivity contribution in [2.75, 3.05) is 20.8 Å². The minimum Gasteiger partial charge on any atom is -0.372 e.